The predicted octanol–water partition coefficient (Wildman–Crippen LogP) is 5.10. The number of alkyl carbamates (subject to hydrolysis) is 1. The number of nitrogens with zero attached hydrogens (tertiary/aromatic N) is 1. The van der Waals surface area contributed by atoms with Crippen molar-refractivity contribution in [3.63, 3.8) is 0 Å². The van der Waals surface area contributed by atoms with Gasteiger partial charge in [-0.3, -0.25) is 4.79 Å². The number of amides is 2. The molecular formula is C26H26N2O4. The van der Waals surface area contributed by atoms with Crippen molar-refractivity contribution in [2.24, 2.45) is 0 Å². The highest BCUT2D eigenvalue weighted by atomic mass is 16.5. The zero-order valence-corrected chi connectivity index (χ0v) is 18.2. The summed E-state index contributed by atoms with van der Waals surface area (Å²) in [5.41, 5.74) is 3.20. The second-order valence-corrected chi connectivity index (χ2v) is 7.81. The van der Waals surface area contributed by atoms with Crippen LogP contribution < -0.4 is 15.0 Å². The van der Waals surface area contributed by atoms with Crippen LogP contribution in [0.4, 0.5) is 10.5 Å². The molecule has 0 spiro atoms. The lowest BCUT2D eigenvalue weighted by Gasteiger charge is -2.39. The maximum absolute atomic E-state index is 13.3. The van der Waals surface area contributed by atoms with E-state index >= 15 is 0 Å². The Morgan fingerprint density at radius 2 is 1.66 bits per heavy atom. The molecule has 0 saturated carbocycles. The maximum atomic E-state index is 13.3. The molecule has 3 aromatic carbocycles. The first kappa shape index (κ1) is 21.4. The van der Waals surface area contributed by atoms with Gasteiger partial charge in [0.2, 0.25) is 0 Å². The van der Waals surface area contributed by atoms with Gasteiger partial charge in [0.25, 0.3) is 5.91 Å². The average Bonchev–Trinajstić information content (AvgIpc) is 2.83. The predicted molar refractivity (Wildman–Crippen MR) is 123 cm³/mol. The summed E-state index contributed by atoms with van der Waals surface area (Å²) in [5, 5.41) is 2.97. The van der Waals surface area contributed by atoms with Gasteiger partial charge in [-0.25, -0.2) is 4.79 Å². The number of anilines is 1. The second-order valence-electron chi connectivity index (χ2n) is 7.81. The third kappa shape index (κ3) is 4.59. The largest absolute Gasteiger partial charge is 0.497 e. The minimum absolute atomic E-state index is 0.0855. The van der Waals surface area contributed by atoms with E-state index in [4.69, 9.17) is 9.47 Å². The van der Waals surface area contributed by atoms with E-state index in [1.807, 2.05) is 61.5 Å². The lowest BCUT2D eigenvalue weighted by Crippen LogP contribution is -2.46. The van der Waals surface area contributed by atoms with Crippen molar-refractivity contribution >= 4 is 17.7 Å². The Bertz CT molecular complexity index is 1080. The van der Waals surface area contributed by atoms with Crippen molar-refractivity contribution in [3.05, 3.63) is 95.6 Å². The molecular weight excluding hydrogens is 404 g/mol. The maximum Gasteiger partial charge on any atom is 0.407 e. The number of fused-ring (bicyclic) bond motifs is 1. The molecule has 2 amide bonds. The summed E-state index contributed by atoms with van der Waals surface area (Å²) >= 11 is 0. The van der Waals surface area contributed by atoms with Gasteiger partial charge in [-0.15, -0.1) is 0 Å². The molecule has 2 atom stereocenters. The molecule has 0 bridgehead atoms. The molecule has 1 N–H and O–H groups in total. The number of benzene rings is 3. The molecule has 3 aromatic rings. The lowest BCUT2D eigenvalue weighted by atomic mass is 9.91. The third-order valence-electron chi connectivity index (χ3n) is 5.65. The fourth-order valence-corrected chi connectivity index (χ4v) is 4.04. The Labute approximate surface area is 187 Å². The first-order valence-corrected chi connectivity index (χ1v) is 10.6. The van der Waals surface area contributed by atoms with E-state index in [1.54, 1.807) is 36.3 Å². The van der Waals surface area contributed by atoms with Gasteiger partial charge in [0, 0.05) is 17.3 Å². The van der Waals surface area contributed by atoms with E-state index in [0.717, 1.165) is 16.8 Å². The Morgan fingerprint density at radius 3 is 2.38 bits per heavy atom. The van der Waals surface area contributed by atoms with Crippen molar-refractivity contribution in [1.29, 1.82) is 0 Å². The Kier molecular flexibility index (Phi) is 6.40. The van der Waals surface area contributed by atoms with Crippen LogP contribution in [-0.4, -0.2) is 25.2 Å². The van der Waals surface area contributed by atoms with Crippen LogP contribution in [-0.2, 0) is 11.3 Å². The Balaban J connectivity index is 1.51. The number of rotatable bonds is 5. The minimum atomic E-state index is -0.476. The van der Waals surface area contributed by atoms with Crippen LogP contribution in [0, 0.1) is 0 Å². The summed E-state index contributed by atoms with van der Waals surface area (Å²) in [6, 6.07) is 24.0. The summed E-state index contributed by atoms with van der Waals surface area (Å²) in [6.07, 6.45) is 0.107. The van der Waals surface area contributed by atoms with E-state index in [0.29, 0.717) is 17.7 Å². The van der Waals surface area contributed by atoms with Crippen LogP contribution in [0.25, 0.3) is 0 Å². The highest BCUT2D eigenvalue weighted by Crippen LogP contribution is 2.38. The van der Waals surface area contributed by atoms with E-state index in [2.05, 4.69) is 5.32 Å². The van der Waals surface area contributed by atoms with Crippen LogP contribution in [0.15, 0.2) is 78.9 Å². The zero-order chi connectivity index (χ0) is 22.5. The molecule has 1 aliphatic heterocycles. The third-order valence-corrected chi connectivity index (χ3v) is 5.65. The molecule has 6 heteroatoms. The van der Waals surface area contributed by atoms with Gasteiger partial charge in [-0.05, 0) is 54.8 Å². The number of hydrogen-bond acceptors (Lipinski definition) is 4. The second kappa shape index (κ2) is 9.56. The quantitative estimate of drug-likeness (QED) is 0.611. The van der Waals surface area contributed by atoms with Gasteiger partial charge in [0.15, 0.2) is 0 Å². The van der Waals surface area contributed by atoms with Gasteiger partial charge in [0.1, 0.15) is 12.4 Å². The molecule has 164 valence electrons. The molecule has 0 radical (unpaired) electrons. The van der Waals surface area contributed by atoms with Crippen LogP contribution >= 0.6 is 0 Å². The number of carbonyl (C=O) groups is 2. The van der Waals surface area contributed by atoms with Crippen molar-refractivity contribution in [2.75, 3.05) is 12.0 Å². The van der Waals surface area contributed by atoms with Crippen LogP contribution in [0.1, 0.15) is 40.9 Å². The normalized spacial score (nSPS) is 17.2. The highest BCUT2D eigenvalue weighted by Gasteiger charge is 2.35. The number of methoxy groups -OCH3 is 1. The molecule has 4 rings (SSSR count). The molecule has 0 aromatic heterocycles. The first-order valence-electron chi connectivity index (χ1n) is 10.6. The van der Waals surface area contributed by atoms with Crippen molar-refractivity contribution in [3.8, 4) is 5.75 Å². The SMILES string of the molecule is COc1ccc(C(=O)N2c3ccccc3C(NC(=O)OCc3ccccc3)CC2C)cc1. The standard InChI is InChI=1S/C26H26N2O4/c1-18-16-23(27-26(30)32-17-19-8-4-3-5-9-19)22-10-6-7-11-24(22)28(18)25(29)20-12-14-21(31-2)15-13-20/h3-15,18,23H,16-17H2,1-2H3,(H,27,30). The van der Waals surface area contributed by atoms with E-state index in [-0.39, 0.29) is 24.6 Å². The summed E-state index contributed by atoms with van der Waals surface area (Å²) in [6.45, 7) is 2.19. The Hall–Kier alpha value is -3.80. The Morgan fingerprint density at radius 1 is 0.969 bits per heavy atom. The van der Waals surface area contributed by atoms with Gasteiger partial charge in [0.05, 0.1) is 13.2 Å². The molecule has 1 aliphatic rings. The number of nitrogens with one attached hydrogen (secondary N) is 1. The number of para-hydroxylation sites is 1. The number of ether oxygens (including phenoxy) is 2. The summed E-state index contributed by atoms with van der Waals surface area (Å²) in [5.74, 6) is 0.615. The van der Waals surface area contributed by atoms with E-state index in [1.165, 1.54) is 0 Å². The summed E-state index contributed by atoms with van der Waals surface area (Å²) in [4.78, 5) is 27.6. The number of hydrogen-bond donors (Lipinski definition) is 1. The van der Waals surface area contributed by atoms with Gasteiger partial charge < -0.3 is 19.7 Å². The van der Waals surface area contributed by atoms with Crippen molar-refractivity contribution in [1.82, 2.24) is 5.32 Å². The zero-order valence-electron chi connectivity index (χ0n) is 18.2. The van der Waals surface area contributed by atoms with Crippen LogP contribution in [0.3, 0.4) is 0 Å². The molecule has 1 heterocycles. The summed E-state index contributed by atoms with van der Waals surface area (Å²) < 4.78 is 10.6. The molecule has 32 heavy (non-hydrogen) atoms. The van der Waals surface area contributed by atoms with Crippen LogP contribution in [0.5, 0.6) is 5.75 Å². The molecule has 2 unspecified atom stereocenters. The van der Waals surface area contributed by atoms with Crippen LogP contribution in [0.2, 0.25) is 0 Å². The molecule has 0 fully saturated rings. The topological polar surface area (TPSA) is 67.9 Å². The minimum Gasteiger partial charge on any atom is -0.497 e. The summed E-state index contributed by atoms with van der Waals surface area (Å²) in [7, 11) is 1.60. The van der Waals surface area contributed by atoms with Crippen molar-refractivity contribution < 1.29 is 19.1 Å². The smallest absolute Gasteiger partial charge is 0.407 e. The van der Waals surface area contributed by atoms with Gasteiger partial charge in [-0.2, -0.15) is 0 Å². The van der Waals surface area contributed by atoms with E-state index < -0.39 is 6.09 Å². The molecule has 0 aliphatic carbocycles. The molecule has 0 saturated heterocycles. The fraction of sp³-hybridized carbons (Fsp3) is 0.231. The first-order chi connectivity index (χ1) is 15.6. The van der Waals surface area contributed by atoms with Gasteiger partial charge in [-0.1, -0.05) is 48.5 Å². The monoisotopic (exact) mass is 430 g/mol. The lowest BCUT2D eigenvalue weighted by molar-refractivity contribution is 0.0972. The average molecular weight is 431 g/mol. The number of carbonyl (C=O) groups excluding carboxylic acids is 2. The van der Waals surface area contributed by atoms with Gasteiger partial charge >= 0.3 is 6.09 Å². The van der Waals surface area contributed by atoms with E-state index in [9.17, 15) is 9.59 Å². The highest BCUT2D eigenvalue weighted by molar-refractivity contribution is 6.07. The fourth-order valence-electron chi connectivity index (χ4n) is 4.04. The van der Waals surface area contributed by atoms with Crippen molar-refractivity contribution in [2.45, 2.75) is 32.0 Å². The molecule has 6 nitrogen and oxygen atoms in total.